The van der Waals surface area contributed by atoms with Gasteiger partial charge in [-0.05, 0) is 66.3 Å². The highest BCUT2D eigenvalue weighted by atomic mass is 16.6. The normalized spacial score (nSPS) is 17.9. The van der Waals surface area contributed by atoms with Crippen molar-refractivity contribution >= 4 is 6.09 Å². The maximum Gasteiger partial charge on any atom is 0.410 e. The lowest BCUT2D eigenvalue weighted by Crippen LogP contribution is -2.46. The molecular weight excluding hydrogens is 264 g/mol. The Balaban J connectivity index is 2.31. The number of nitrogens with zero attached hydrogens (tertiary/aromatic N) is 1. The van der Waals surface area contributed by atoms with Crippen LogP contribution in [-0.2, 0) is 4.74 Å². The van der Waals surface area contributed by atoms with E-state index in [0.29, 0.717) is 5.92 Å². The van der Waals surface area contributed by atoms with Crippen molar-refractivity contribution in [2.75, 3.05) is 19.6 Å². The molecule has 0 aliphatic carbocycles. The second-order valence-electron chi connectivity index (χ2n) is 7.93. The molecule has 1 amide bonds. The summed E-state index contributed by atoms with van der Waals surface area (Å²) < 4.78 is 5.43. The Bertz CT molecular complexity index is 326. The molecule has 1 fully saturated rings. The average molecular weight is 298 g/mol. The monoisotopic (exact) mass is 298 g/mol. The van der Waals surface area contributed by atoms with Crippen molar-refractivity contribution in [1.82, 2.24) is 10.2 Å². The van der Waals surface area contributed by atoms with Gasteiger partial charge in [0, 0.05) is 18.6 Å². The van der Waals surface area contributed by atoms with E-state index in [2.05, 4.69) is 26.1 Å². The van der Waals surface area contributed by atoms with Gasteiger partial charge in [0.25, 0.3) is 0 Å². The second kappa shape index (κ2) is 7.48. The number of ether oxygens (including phenoxy) is 1. The number of carbonyl (C=O) groups excluding carboxylic acids is 1. The van der Waals surface area contributed by atoms with Gasteiger partial charge in [0.05, 0.1) is 0 Å². The van der Waals surface area contributed by atoms with Gasteiger partial charge in [-0.15, -0.1) is 0 Å². The van der Waals surface area contributed by atoms with Crippen LogP contribution in [0, 0.1) is 5.92 Å². The van der Waals surface area contributed by atoms with Crippen LogP contribution in [0.15, 0.2) is 0 Å². The van der Waals surface area contributed by atoms with Crippen molar-refractivity contribution in [2.24, 2.45) is 5.92 Å². The standard InChI is InChI=1S/C17H34N2O2/c1-7-10-17(5,6)18-13-14-8-11-19(12-9-14)15(20)21-16(2,3)4/h14,18H,7-13H2,1-6H3. The molecule has 0 bridgehead atoms. The van der Waals surface area contributed by atoms with Gasteiger partial charge in [-0.1, -0.05) is 13.3 Å². The number of nitrogens with one attached hydrogen (secondary N) is 1. The first kappa shape index (κ1) is 18.3. The third-order valence-electron chi connectivity index (χ3n) is 4.01. The van der Waals surface area contributed by atoms with Crippen molar-refractivity contribution in [1.29, 1.82) is 0 Å². The number of amides is 1. The number of carbonyl (C=O) groups is 1. The zero-order valence-electron chi connectivity index (χ0n) is 14.8. The van der Waals surface area contributed by atoms with Crippen LogP contribution < -0.4 is 5.32 Å². The highest BCUT2D eigenvalue weighted by Crippen LogP contribution is 2.20. The first-order chi connectivity index (χ1) is 9.63. The summed E-state index contributed by atoms with van der Waals surface area (Å²) in [5.41, 5.74) is -0.184. The fourth-order valence-corrected chi connectivity index (χ4v) is 2.78. The molecule has 1 rings (SSSR count). The van der Waals surface area contributed by atoms with Gasteiger partial charge in [-0.3, -0.25) is 0 Å². The molecule has 0 aromatic carbocycles. The minimum absolute atomic E-state index is 0.166. The van der Waals surface area contributed by atoms with E-state index in [1.807, 2.05) is 25.7 Å². The molecule has 1 heterocycles. The van der Waals surface area contributed by atoms with E-state index < -0.39 is 5.60 Å². The third-order valence-corrected chi connectivity index (χ3v) is 4.01. The van der Waals surface area contributed by atoms with E-state index in [-0.39, 0.29) is 11.6 Å². The summed E-state index contributed by atoms with van der Waals surface area (Å²) in [5, 5.41) is 3.68. The molecule has 0 aromatic heterocycles. The van der Waals surface area contributed by atoms with E-state index in [1.165, 1.54) is 12.8 Å². The predicted octanol–water partition coefficient (Wildman–Crippen LogP) is 3.80. The first-order valence-corrected chi connectivity index (χ1v) is 8.36. The molecule has 0 aromatic rings. The summed E-state index contributed by atoms with van der Waals surface area (Å²) in [5.74, 6) is 0.666. The quantitative estimate of drug-likeness (QED) is 0.839. The molecule has 0 spiro atoms. The van der Waals surface area contributed by atoms with Gasteiger partial charge in [0.1, 0.15) is 5.60 Å². The fourth-order valence-electron chi connectivity index (χ4n) is 2.78. The van der Waals surface area contributed by atoms with Crippen molar-refractivity contribution in [3.05, 3.63) is 0 Å². The lowest BCUT2D eigenvalue weighted by Gasteiger charge is -2.35. The summed E-state index contributed by atoms with van der Waals surface area (Å²) in [6.07, 6.45) is 4.37. The van der Waals surface area contributed by atoms with Crippen LogP contribution in [0.4, 0.5) is 4.79 Å². The van der Waals surface area contributed by atoms with Crippen LogP contribution in [0.5, 0.6) is 0 Å². The Morgan fingerprint density at radius 1 is 1.19 bits per heavy atom. The first-order valence-electron chi connectivity index (χ1n) is 8.36. The average Bonchev–Trinajstić information content (AvgIpc) is 2.35. The Kier molecular flexibility index (Phi) is 6.51. The predicted molar refractivity (Wildman–Crippen MR) is 87.5 cm³/mol. The smallest absolute Gasteiger partial charge is 0.410 e. The highest BCUT2D eigenvalue weighted by molar-refractivity contribution is 5.68. The largest absolute Gasteiger partial charge is 0.444 e. The molecule has 1 aliphatic rings. The van der Waals surface area contributed by atoms with Gasteiger partial charge < -0.3 is 15.0 Å². The summed E-state index contributed by atoms with van der Waals surface area (Å²) in [6.45, 7) is 15.2. The van der Waals surface area contributed by atoms with Gasteiger partial charge >= 0.3 is 6.09 Å². The van der Waals surface area contributed by atoms with E-state index in [0.717, 1.165) is 32.5 Å². The minimum Gasteiger partial charge on any atom is -0.444 e. The number of piperidine rings is 1. The van der Waals surface area contributed by atoms with Gasteiger partial charge in [0.15, 0.2) is 0 Å². The summed E-state index contributed by atoms with van der Waals surface area (Å²) >= 11 is 0. The van der Waals surface area contributed by atoms with Crippen molar-refractivity contribution < 1.29 is 9.53 Å². The summed E-state index contributed by atoms with van der Waals surface area (Å²) in [4.78, 5) is 13.9. The van der Waals surface area contributed by atoms with Crippen molar-refractivity contribution in [2.45, 2.75) is 78.4 Å². The Morgan fingerprint density at radius 2 is 1.76 bits per heavy atom. The van der Waals surface area contributed by atoms with Gasteiger partial charge in [-0.2, -0.15) is 0 Å². The molecule has 0 atom stereocenters. The topological polar surface area (TPSA) is 41.6 Å². The second-order valence-corrected chi connectivity index (χ2v) is 7.93. The van der Waals surface area contributed by atoms with Crippen LogP contribution >= 0.6 is 0 Å². The number of hydrogen-bond acceptors (Lipinski definition) is 3. The molecular formula is C17H34N2O2. The van der Waals surface area contributed by atoms with Gasteiger partial charge in [0.2, 0.25) is 0 Å². The molecule has 0 unspecified atom stereocenters. The molecule has 1 aliphatic heterocycles. The molecule has 0 saturated carbocycles. The third kappa shape index (κ3) is 7.16. The molecule has 4 nitrogen and oxygen atoms in total. The zero-order chi connectivity index (χ0) is 16.1. The molecule has 0 radical (unpaired) electrons. The highest BCUT2D eigenvalue weighted by Gasteiger charge is 2.27. The molecule has 4 heteroatoms. The molecule has 124 valence electrons. The maximum atomic E-state index is 12.0. The summed E-state index contributed by atoms with van der Waals surface area (Å²) in [7, 11) is 0. The minimum atomic E-state index is -0.403. The SMILES string of the molecule is CCCC(C)(C)NCC1CCN(C(=O)OC(C)(C)C)CC1. The van der Waals surface area contributed by atoms with E-state index in [1.54, 1.807) is 0 Å². The van der Waals surface area contributed by atoms with Crippen LogP contribution in [0.25, 0.3) is 0 Å². The molecule has 1 N–H and O–H groups in total. The number of hydrogen-bond donors (Lipinski definition) is 1. The van der Waals surface area contributed by atoms with Crippen LogP contribution in [0.3, 0.4) is 0 Å². The zero-order valence-corrected chi connectivity index (χ0v) is 14.8. The Hall–Kier alpha value is -0.770. The van der Waals surface area contributed by atoms with E-state index in [9.17, 15) is 4.79 Å². The van der Waals surface area contributed by atoms with Crippen LogP contribution in [0.2, 0.25) is 0 Å². The Labute approximate surface area is 130 Å². The van der Waals surface area contributed by atoms with E-state index in [4.69, 9.17) is 4.74 Å². The van der Waals surface area contributed by atoms with Crippen LogP contribution in [0.1, 0.15) is 67.2 Å². The van der Waals surface area contributed by atoms with Crippen molar-refractivity contribution in [3.8, 4) is 0 Å². The number of rotatable bonds is 5. The fraction of sp³-hybridized carbons (Fsp3) is 0.941. The number of likely N-dealkylation sites (tertiary alicyclic amines) is 1. The van der Waals surface area contributed by atoms with Crippen molar-refractivity contribution in [3.63, 3.8) is 0 Å². The van der Waals surface area contributed by atoms with E-state index >= 15 is 0 Å². The molecule has 21 heavy (non-hydrogen) atoms. The molecule has 1 saturated heterocycles. The summed E-state index contributed by atoms with van der Waals surface area (Å²) in [6, 6.07) is 0. The van der Waals surface area contributed by atoms with Crippen LogP contribution in [-0.4, -0.2) is 41.8 Å². The Morgan fingerprint density at radius 3 is 2.24 bits per heavy atom. The lowest BCUT2D eigenvalue weighted by atomic mass is 9.93. The van der Waals surface area contributed by atoms with Gasteiger partial charge in [-0.25, -0.2) is 4.79 Å². The maximum absolute atomic E-state index is 12.0. The lowest BCUT2D eigenvalue weighted by molar-refractivity contribution is 0.0181.